The Morgan fingerprint density at radius 3 is 2.72 bits per heavy atom. The standard InChI is InChI=1S/C14H15BrN2O/c1-2-16-9-11-7-8-14(17-10-11)18-13-6-4-3-5-12(13)15/h3-8,10,16H,2,9H2,1H3. The van der Waals surface area contributed by atoms with Crippen molar-refractivity contribution in [1.29, 1.82) is 0 Å². The molecule has 0 saturated carbocycles. The van der Waals surface area contributed by atoms with Crippen molar-refractivity contribution in [3.63, 3.8) is 0 Å². The van der Waals surface area contributed by atoms with Gasteiger partial charge in [0, 0.05) is 18.8 Å². The summed E-state index contributed by atoms with van der Waals surface area (Å²) in [5, 5.41) is 3.25. The van der Waals surface area contributed by atoms with Crippen LogP contribution < -0.4 is 10.1 Å². The first kappa shape index (κ1) is 13.1. The van der Waals surface area contributed by atoms with Gasteiger partial charge in [0.15, 0.2) is 0 Å². The molecule has 0 atom stereocenters. The first-order valence-corrected chi connectivity index (χ1v) is 6.67. The molecule has 0 spiro atoms. The van der Waals surface area contributed by atoms with E-state index in [1.807, 2.05) is 42.6 Å². The SMILES string of the molecule is CCNCc1ccc(Oc2ccccc2Br)nc1. The van der Waals surface area contributed by atoms with Gasteiger partial charge in [-0.25, -0.2) is 4.98 Å². The number of nitrogens with one attached hydrogen (secondary N) is 1. The van der Waals surface area contributed by atoms with Crippen LogP contribution in [0.2, 0.25) is 0 Å². The lowest BCUT2D eigenvalue weighted by molar-refractivity contribution is 0.459. The molecule has 18 heavy (non-hydrogen) atoms. The molecule has 0 amide bonds. The van der Waals surface area contributed by atoms with E-state index in [0.29, 0.717) is 5.88 Å². The first-order valence-electron chi connectivity index (χ1n) is 5.87. The third-order valence-corrected chi connectivity index (χ3v) is 3.08. The summed E-state index contributed by atoms with van der Waals surface area (Å²) in [7, 11) is 0. The van der Waals surface area contributed by atoms with Crippen molar-refractivity contribution >= 4 is 15.9 Å². The smallest absolute Gasteiger partial charge is 0.219 e. The fourth-order valence-electron chi connectivity index (χ4n) is 1.49. The Bertz CT molecular complexity index is 499. The van der Waals surface area contributed by atoms with Crippen LogP contribution in [0.5, 0.6) is 11.6 Å². The van der Waals surface area contributed by atoms with E-state index in [4.69, 9.17) is 4.74 Å². The van der Waals surface area contributed by atoms with E-state index in [2.05, 4.69) is 33.2 Å². The molecule has 4 heteroatoms. The van der Waals surface area contributed by atoms with E-state index in [1.165, 1.54) is 0 Å². The average Bonchev–Trinajstić information content (AvgIpc) is 2.41. The second kappa shape index (κ2) is 6.52. The molecule has 2 rings (SSSR count). The zero-order chi connectivity index (χ0) is 12.8. The maximum Gasteiger partial charge on any atom is 0.219 e. The van der Waals surface area contributed by atoms with Crippen LogP contribution >= 0.6 is 15.9 Å². The summed E-state index contributed by atoms with van der Waals surface area (Å²) in [6, 6.07) is 11.6. The first-order chi connectivity index (χ1) is 8.79. The van der Waals surface area contributed by atoms with Gasteiger partial charge in [0.05, 0.1) is 4.47 Å². The van der Waals surface area contributed by atoms with E-state index in [0.717, 1.165) is 28.9 Å². The normalized spacial score (nSPS) is 10.3. The zero-order valence-corrected chi connectivity index (χ0v) is 11.8. The second-order valence-electron chi connectivity index (χ2n) is 3.82. The molecular formula is C14H15BrN2O. The molecule has 3 nitrogen and oxygen atoms in total. The van der Waals surface area contributed by atoms with Gasteiger partial charge in [0.2, 0.25) is 5.88 Å². The van der Waals surface area contributed by atoms with Crippen molar-refractivity contribution in [2.75, 3.05) is 6.54 Å². The molecule has 2 aromatic rings. The largest absolute Gasteiger partial charge is 0.438 e. The van der Waals surface area contributed by atoms with Crippen molar-refractivity contribution in [1.82, 2.24) is 10.3 Å². The second-order valence-corrected chi connectivity index (χ2v) is 4.67. The van der Waals surface area contributed by atoms with Gasteiger partial charge >= 0.3 is 0 Å². The molecule has 0 bridgehead atoms. The summed E-state index contributed by atoms with van der Waals surface area (Å²) < 4.78 is 6.61. The van der Waals surface area contributed by atoms with Crippen LogP contribution in [-0.2, 0) is 6.54 Å². The average molecular weight is 307 g/mol. The third kappa shape index (κ3) is 3.55. The van der Waals surface area contributed by atoms with Crippen molar-refractivity contribution in [2.24, 2.45) is 0 Å². The quantitative estimate of drug-likeness (QED) is 0.913. The molecule has 0 aliphatic heterocycles. The Morgan fingerprint density at radius 1 is 1.22 bits per heavy atom. The predicted octanol–water partition coefficient (Wildman–Crippen LogP) is 3.75. The number of ether oxygens (including phenoxy) is 1. The molecule has 1 heterocycles. The van der Waals surface area contributed by atoms with Crippen LogP contribution in [0.25, 0.3) is 0 Å². The van der Waals surface area contributed by atoms with E-state index >= 15 is 0 Å². The van der Waals surface area contributed by atoms with Crippen molar-refractivity contribution in [3.05, 3.63) is 52.6 Å². The highest BCUT2D eigenvalue weighted by atomic mass is 79.9. The minimum Gasteiger partial charge on any atom is -0.438 e. The molecule has 1 aromatic carbocycles. The molecule has 0 radical (unpaired) electrons. The fraction of sp³-hybridized carbons (Fsp3) is 0.214. The van der Waals surface area contributed by atoms with Gasteiger partial charge in [-0.3, -0.25) is 0 Å². The molecule has 0 unspecified atom stereocenters. The number of hydrogen-bond acceptors (Lipinski definition) is 3. The lowest BCUT2D eigenvalue weighted by atomic mass is 10.3. The highest BCUT2D eigenvalue weighted by molar-refractivity contribution is 9.10. The fourth-order valence-corrected chi connectivity index (χ4v) is 1.85. The Balaban J connectivity index is 2.04. The summed E-state index contributed by atoms with van der Waals surface area (Å²) in [5.74, 6) is 1.37. The summed E-state index contributed by atoms with van der Waals surface area (Å²) >= 11 is 3.44. The van der Waals surface area contributed by atoms with Crippen molar-refractivity contribution in [3.8, 4) is 11.6 Å². The summed E-state index contributed by atoms with van der Waals surface area (Å²) in [6.45, 7) is 3.87. The van der Waals surface area contributed by atoms with Crippen LogP contribution in [0.3, 0.4) is 0 Å². The molecule has 0 aliphatic carbocycles. The monoisotopic (exact) mass is 306 g/mol. The number of aromatic nitrogens is 1. The number of benzene rings is 1. The van der Waals surface area contributed by atoms with E-state index in [9.17, 15) is 0 Å². The van der Waals surface area contributed by atoms with Crippen LogP contribution in [-0.4, -0.2) is 11.5 Å². The van der Waals surface area contributed by atoms with E-state index in [-0.39, 0.29) is 0 Å². The highest BCUT2D eigenvalue weighted by Crippen LogP contribution is 2.27. The summed E-state index contributed by atoms with van der Waals surface area (Å²) in [4.78, 5) is 4.28. The Labute approximate surface area is 115 Å². The highest BCUT2D eigenvalue weighted by Gasteiger charge is 2.02. The van der Waals surface area contributed by atoms with Crippen molar-refractivity contribution < 1.29 is 4.74 Å². The zero-order valence-electron chi connectivity index (χ0n) is 10.2. The van der Waals surface area contributed by atoms with Crippen LogP contribution in [0.1, 0.15) is 12.5 Å². The predicted molar refractivity (Wildman–Crippen MR) is 75.8 cm³/mol. The van der Waals surface area contributed by atoms with Gasteiger partial charge in [0.1, 0.15) is 5.75 Å². The van der Waals surface area contributed by atoms with Gasteiger partial charge in [0.25, 0.3) is 0 Å². The van der Waals surface area contributed by atoms with Gasteiger partial charge in [-0.2, -0.15) is 0 Å². The summed E-state index contributed by atoms with van der Waals surface area (Å²) in [6.07, 6.45) is 1.83. The summed E-state index contributed by atoms with van der Waals surface area (Å²) in [5.41, 5.74) is 1.15. The van der Waals surface area contributed by atoms with Gasteiger partial charge in [-0.05, 0) is 40.2 Å². The molecule has 0 saturated heterocycles. The van der Waals surface area contributed by atoms with Crippen LogP contribution in [0.4, 0.5) is 0 Å². The maximum absolute atomic E-state index is 5.69. The number of pyridine rings is 1. The minimum absolute atomic E-state index is 0.599. The topological polar surface area (TPSA) is 34.1 Å². The van der Waals surface area contributed by atoms with E-state index in [1.54, 1.807) is 0 Å². The maximum atomic E-state index is 5.69. The third-order valence-electron chi connectivity index (χ3n) is 2.43. The number of para-hydroxylation sites is 1. The number of rotatable bonds is 5. The van der Waals surface area contributed by atoms with E-state index < -0.39 is 0 Å². The van der Waals surface area contributed by atoms with Crippen molar-refractivity contribution in [2.45, 2.75) is 13.5 Å². The Morgan fingerprint density at radius 2 is 2.06 bits per heavy atom. The van der Waals surface area contributed by atoms with Gasteiger partial charge < -0.3 is 10.1 Å². The molecule has 94 valence electrons. The molecular weight excluding hydrogens is 292 g/mol. The molecule has 1 aromatic heterocycles. The number of hydrogen-bond donors (Lipinski definition) is 1. The van der Waals surface area contributed by atoms with Gasteiger partial charge in [-0.1, -0.05) is 25.1 Å². The van der Waals surface area contributed by atoms with Crippen LogP contribution in [0.15, 0.2) is 47.1 Å². The van der Waals surface area contributed by atoms with Crippen LogP contribution in [0, 0.1) is 0 Å². The minimum atomic E-state index is 0.599. The lowest BCUT2D eigenvalue weighted by Gasteiger charge is -2.07. The number of nitrogens with zero attached hydrogens (tertiary/aromatic N) is 1. The Kier molecular flexibility index (Phi) is 4.73. The number of halogens is 1. The molecule has 0 aliphatic rings. The molecule has 0 fully saturated rings. The lowest BCUT2D eigenvalue weighted by Crippen LogP contribution is -2.11. The molecule has 1 N–H and O–H groups in total. The Hall–Kier alpha value is -1.39. The van der Waals surface area contributed by atoms with Gasteiger partial charge in [-0.15, -0.1) is 0 Å².